The van der Waals surface area contributed by atoms with Crippen LogP contribution >= 0.6 is 24.0 Å². The SMILES string of the molecule is Cc1nc(S)sc1CC=O. The van der Waals surface area contributed by atoms with Gasteiger partial charge in [-0.2, -0.15) is 0 Å². The number of thiazole rings is 1. The molecule has 54 valence electrons. The lowest BCUT2D eigenvalue weighted by Gasteiger charge is -1.84. The molecule has 0 radical (unpaired) electrons. The molecule has 1 aromatic heterocycles. The number of nitrogens with zero attached hydrogens (tertiary/aromatic N) is 1. The van der Waals surface area contributed by atoms with Gasteiger partial charge in [-0.15, -0.1) is 24.0 Å². The van der Waals surface area contributed by atoms with Crippen LogP contribution in [0.2, 0.25) is 0 Å². The minimum absolute atomic E-state index is 0.462. The second-order valence-corrected chi connectivity index (χ2v) is 3.69. The van der Waals surface area contributed by atoms with Crippen LogP contribution in [0.25, 0.3) is 0 Å². The predicted octanol–water partition coefficient (Wildman–Crippen LogP) is 1.48. The van der Waals surface area contributed by atoms with Crippen molar-refractivity contribution in [3.05, 3.63) is 10.6 Å². The predicted molar refractivity (Wildman–Crippen MR) is 43.9 cm³/mol. The maximum absolute atomic E-state index is 10.1. The monoisotopic (exact) mass is 173 g/mol. The molecule has 0 N–H and O–H groups in total. The van der Waals surface area contributed by atoms with Crippen LogP contribution in [0.5, 0.6) is 0 Å². The molecule has 2 nitrogen and oxygen atoms in total. The van der Waals surface area contributed by atoms with Crippen molar-refractivity contribution in [1.29, 1.82) is 0 Å². The van der Waals surface area contributed by atoms with Crippen LogP contribution in [0.15, 0.2) is 4.34 Å². The van der Waals surface area contributed by atoms with Crippen molar-refractivity contribution in [2.45, 2.75) is 17.7 Å². The first-order chi connectivity index (χ1) is 4.74. The van der Waals surface area contributed by atoms with E-state index in [1.807, 2.05) is 6.92 Å². The lowest BCUT2D eigenvalue weighted by molar-refractivity contribution is -0.107. The van der Waals surface area contributed by atoms with Crippen LogP contribution in [0.1, 0.15) is 10.6 Å². The first kappa shape index (κ1) is 7.75. The number of hydrogen-bond acceptors (Lipinski definition) is 4. The van der Waals surface area contributed by atoms with Gasteiger partial charge in [-0.25, -0.2) is 4.98 Å². The van der Waals surface area contributed by atoms with Crippen molar-refractivity contribution in [1.82, 2.24) is 4.98 Å². The first-order valence-corrected chi connectivity index (χ1v) is 4.09. The summed E-state index contributed by atoms with van der Waals surface area (Å²) in [5.41, 5.74) is 0.919. The van der Waals surface area contributed by atoms with Crippen LogP contribution < -0.4 is 0 Å². The molecule has 0 fully saturated rings. The fourth-order valence-corrected chi connectivity index (χ4v) is 1.91. The molecule has 0 atom stereocenters. The third-order valence-electron chi connectivity index (χ3n) is 1.15. The molecule has 0 saturated heterocycles. The number of aryl methyl sites for hydroxylation is 1. The van der Waals surface area contributed by atoms with E-state index in [9.17, 15) is 4.79 Å². The topological polar surface area (TPSA) is 30.0 Å². The fourth-order valence-electron chi connectivity index (χ4n) is 0.678. The van der Waals surface area contributed by atoms with Gasteiger partial charge in [0.1, 0.15) is 10.6 Å². The standard InChI is InChI=1S/C6H7NOS2/c1-4-5(2-3-8)10-6(9)7-4/h3H,2H2,1H3,(H,7,9). The van der Waals surface area contributed by atoms with Crippen molar-refractivity contribution in [3.8, 4) is 0 Å². The minimum atomic E-state index is 0.462. The summed E-state index contributed by atoms with van der Waals surface area (Å²) in [5.74, 6) is 0. The van der Waals surface area contributed by atoms with Crippen molar-refractivity contribution in [2.24, 2.45) is 0 Å². The summed E-state index contributed by atoms with van der Waals surface area (Å²) >= 11 is 5.52. The summed E-state index contributed by atoms with van der Waals surface area (Å²) in [6.07, 6.45) is 1.35. The summed E-state index contributed by atoms with van der Waals surface area (Å²) in [6.45, 7) is 1.88. The van der Waals surface area contributed by atoms with Gasteiger partial charge in [0.15, 0.2) is 0 Å². The molecule has 0 unspecified atom stereocenters. The van der Waals surface area contributed by atoms with Gasteiger partial charge in [0.25, 0.3) is 0 Å². The molecule has 1 aromatic rings. The van der Waals surface area contributed by atoms with Gasteiger partial charge in [0.2, 0.25) is 0 Å². The van der Waals surface area contributed by atoms with Gasteiger partial charge in [-0.1, -0.05) is 0 Å². The van der Waals surface area contributed by atoms with Crippen LogP contribution in [-0.2, 0) is 11.2 Å². The third kappa shape index (κ3) is 1.58. The van der Waals surface area contributed by atoms with Gasteiger partial charge < -0.3 is 4.79 Å². The minimum Gasteiger partial charge on any atom is -0.303 e. The summed E-state index contributed by atoms with van der Waals surface area (Å²) in [4.78, 5) is 15.2. The molecule has 0 saturated carbocycles. The van der Waals surface area contributed by atoms with E-state index in [-0.39, 0.29) is 0 Å². The molecule has 0 aromatic carbocycles. The quantitative estimate of drug-likeness (QED) is 0.542. The molecule has 0 aliphatic carbocycles. The zero-order chi connectivity index (χ0) is 7.56. The molecule has 10 heavy (non-hydrogen) atoms. The van der Waals surface area contributed by atoms with E-state index in [1.54, 1.807) is 0 Å². The Balaban J connectivity index is 2.91. The average Bonchev–Trinajstić information content (AvgIpc) is 2.13. The van der Waals surface area contributed by atoms with Gasteiger partial charge in [0.05, 0.1) is 5.69 Å². The highest BCUT2D eigenvalue weighted by molar-refractivity contribution is 7.82. The van der Waals surface area contributed by atoms with E-state index < -0.39 is 0 Å². The van der Waals surface area contributed by atoms with Crippen LogP contribution in [0.4, 0.5) is 0 Å². The van der Waals surface area contributed by atoms with Crippen molar-refractivity contribution >= 4 is 30.3 Å². The Bertz CT molecular complexity index is 244. The number of hydrogen-bond donors (Lipinski definition) is 1. The average molecular weight is 173 g/mol. The summed E-state index contributed by atoms with van der Waals surface area (Å²) in [5, 5.41) is 0. The van der Waals surface area contributed by atoms with Crippen LogP contribution in [-0.4, -0.2) is 11.3 Å². The summed E-state index contributed by atoms with van der Waals surface area (Å²) < 4.78 is 0.731. The Morgan fingerprint density at radius 2 is 2.50 bits per heavy atom. The normalized spacial score (nSPS) is 9.80. The van der Waals surface area contributed by atoms with Crippen LogP contribution in [0, 0.1) is 6.92 Å². The number of carbonyl (C=O) groups is 1. The van der Waals surface area contributed by atoms with Gasteiger partial charge in [-0.05, 0) is 6.92 Å². The van der Waals surface area contributed by atoms with E-state index in [4.69, 9.17) is 0 Å². The van der Waals surface area contributed by atoms with Crippen molar-refractivity contribution in [3.63, 3.8) is 0 Å². The highest BCUT2D eigenvalue weighted by Crippen LogP contribution is 2.20. The van der Waals surface area contributed by atoms with E-state index in [1.165, 1.54) is 11.3 Å². The number of thiol groups is 1. The number of aldehydes is 1. The van der Waals surface area contributed by atoms with Gasteiger partial charge in [-0.3, -0.25) is 0 Å². The van der Waals surface area contributed by atoms with E-state index in [2.05, 4.69) is 17.6 Å². The zero-order valence-corrected chi connectivity index (χ0v) is 7.21. The Kier molecular flexibility index (Phi) is 2.45. The van der Waals surface area contributed by atoms with Crippen LogP contribution in [0.3, 0.4) is 0 Å². The van der Waals surface area contributed by atoms with E-state index in [0.717, 1.165) is 21.2 Å². The maximum Gasteiger partial charge on any atom is 0.147 e. The molecule has 0 aliphatic heterocycles. The van der Waals surface area contributed by atoms with Gasteiger partial charge >= 0.3 is 0 Å². The van der Waals surface area contributed by atoms with E-state index in [0.29, 0.717) is 6.42 Å². The van der Waals surface area contributed by atoms with Gasteiger partial charge in [0, 0.05) is 11.3 Å². The lowest BCUT2D eigenvalue weighted by Crippen LogP contribution is -1.83. The molecule has 0 amide bonds. The molecule has 1 rings (SSSR count). The fraction of sp³-hybridized carbons (Fsp3) is 0.333. The lowest BCUT2D eigenvalue weighted by atomic mass is 10.3. The Labute approximate surface area is 68.7 Å². The zero-order valence-electron chi connectivity index (χ0n) is 5.50. The maximum atomic E-state index is 10.1. The summed E-state index contributed by atoms with van der Waals surface area (Å²) in [6, 6.07) is 0. The molecule has 1 heterocycles. The highest BCUT2D eigenvalue weighted by Gasteiger charge is 2.02. The number of aromatic nitrogens is 1. The Morgan fingerprint density at radius 1 is 1.80 bits per heavy atom. The third-order valence-corrected chi connectivity index (χ3v) is 2.51. The summed E-state index contributed by atoms with van der Waals surface area (Å²) in [7, 11) is 0. The molecule has 0 bridgehead atoms. The molecule has 4 heteroatoms. The smallest absolute Gasteiger partial charge is 0.147 e. The second-order valence-electron chi connectivity index (χ2n) is 1.88. The largest absolute Gasteiger partial charge is 0.303 e. The number of rotatable bonds is 2. The molecular weight excluding hydrogens is 166 g/mol. The van der Waals surface area contributed by atoms with Crippen molar-refractivity contribution in [2.75, 3.05) is 0 Å². The Morgan fingerprint density at radius 3 is 2.90 bits per heavy atom. The van der Waals surface area contributed by atoms with Crippen molar-refractivity contribution < 1.29 is 4.79 Å². The molecular formula is C6H7NOS2. The molecule has 0 aliphatic rings. The highest BCUT2D eigenvalue weighted by atomic mass is 32.2. The Hall–Kier alpha value is -0.350. The first-order valence-electron chi connectivity index (χ1n) is 2.83. The number of carbonyl (C=O) groups excluding carboxylic acids is 1. The van der Waals surface area contributed by atoms with E-state index >= 15 is 0 Å². The second kappa shape index (κ2) is 3.16. The molecule has 0 spiro atoms.